The van der Waals surface area contributed by atoms with E-state index in [1.165, 1.54) is 68.1 Å². The zero-order valence-electron chi connectivity index (χ0n) is 17.1. The fourth-order valence-corrected chi connectivity index (χ4v) is 4.55. The fraction of sp³-hybridized carbons (Fsp3) is 0.481. The van der Waals surface area contributed by atoms with Crippen LogP contribution in [0.25, 0.3) is 11.1 Å². The lowest BCUT2D eigenvalue weighted by molar-refractivity contribution is 0.303. The smallest absolute Gasteiger partial charge is 0.0162 e. The molecule has 3 rings (SSSR count). The molecule has 0 heteroatoms. The van der Waals surface area contributed by atoms with Crippen LogP contribution in [0.3, 0.4) is 0 Å². The molecule has 144 valence electrons. The van der Waals surface area contributed by atoms with Crippen LogP contribution in [-0.2, 0) is 6.42 Å². The maximum Gasteiger partial charge on any atom is -0.0162 e. The quantitative estimate of drug-likeness (QED) is 0.311. The summed E-state index contributed by atoms with van der Waals surface area (Å²) in [4.78, 5) is 0. The molecule has 0 aromatic heterocycles. The molecule has 27 heavy (non-hydrogen) atoms. The summed E-state index contributed by atoms with van der Waals surface area (Å²) in [7, 11) is 0. The monoisotopic (exact) mass is 360 g/mol. The van der Waals surface area contributed by atoms with Crippen molar-refractivity contribution in [3.8, 4) is 11.1 Å². The van der Waals surface area contributed by atoms with Crippen LogP contribution in [0.15, 0.2) is 61.2 Å². The van der Waals surface area contributed by atoms with Crippen molar-refractivity contribution in [1.82, 2.24) is 0 Å². The average molecular weight is 361 g/mol. The van der Waals surface area contributed by atoms with Gasteiger partial charge in [0.05, 0.1) is 0 Å². The predicted molar refractivity (Wildman–Crippen MR) is 119 cm³/mol. The summed E-state index contributed by atoms with van der Waals surface area (Å²) in [5.41, 5.74) is 5.60. The van der Waals surface area contributed by atoms with E-state index >= 15 is 0 Å². The zero-order valence-corrected chi connectivity index (χ0v) is 17.1. The molecule has 2 aromatic rings. The van der Waals surface area contributed by atoms with Gasteiger partial charge in [-0.1, -0.05) is 87.2 Å². The first kappa shape index (κ1) is 19.9. The second-order valence-electron chi connectivity index (χ2n) is 8.36. The largest absolute Gasteiger partial charge is 0.103 e. The lowest BCUT2D eigenvalue weighted by atomic mass is 9.77. The summed E-state index contributed by atoms with van der Waals surface area (Å²) < 4.78 is 0. The van der Waals surface area contributed by atoms with Crippen LogP contribution in [0, 0.1) is 5.92 Å². The molecule has 0 unspecified atom stereocenters. The van der Waals surface area contributed by atoms with Gasteiger partial charge in [0.1, 0.15) is 0 Å². The minimum Gasteiger partial charge on any atom is -0.103 e. The topological polar surface area (TPSA) is 0 Å². The Hall–Kier alpha value is -1.82. The Kier molecular flexibility index (Phi) is 7.75. The van der Waals surface area contributed by atoms with Crippen LogP contribution >= 0.6 is 0 Å². The normalized spacial score (nSPS) is 19.7. The minimum absolute atomic E-state index is 0.780. The van der Waals surface area contributed by atoms with Crippen molar-refractivity contribution in [3.63, 3.8) is 0 Å². The van der Waals surface area contributed by atoms with Crippen LogP contribution in [0.2, 0.25) is 0 Å². The van der Waals surface area contributed by atoms with Crippen LogP contribution < -0.4 is 0 Å². The molecular formula is C27H36. The molecule has 0 amide bonds. The molecule has 0 nitrogen and oxygen atoms in total. The summed E-state index contributed by atoms with van der Waals surface area (Å²) >= 11 is 0. The standard InChI is InChI=1S/C27H36/c1-3-5-7-9-23-12-16-25(17-13-23)27-20-18-26(19-21-27)24-14-10-22(11-15-24)8-6-4-2/h4,10-11,14-15,18-21,23,25H,2-3,5-9,12-13,16-17H2,1H3. The maximum absolute atomic E-state index is 3.81. The van der Waals surface area contributed by atoms with Crippen molar-refractivity contribution in [2.45, 2.75) is 77.0 Å². The van der Waals surface area contributed by atoms with Crippen molar-refractivity contribution in [2.24, 2.45) is 5.92 Å². The number of aryl methyl sites for hydroxylation is 1. The first-order valence-corrected chi connectivity index (χ1v) is 11.1. The summed E-state index contributed by atoms with van der Waals surface area (Å²) in [5.74, 6) is 1.77. The Labute approximate surface area is 166 Å². The number of rotatable bonds is 9. The van der Waals surface area contributed by atoms with Crippen LogP contribution in [0.5, 0.6) is 0 Å². The van der Waals surface area contributed by atoms with E-state index in [9.17, 15) is 0 Å². The summed E-state index contributed by atoms with van der Waals surface area (Å²) in [5, 5.41) is 0. The highest BCUT2D eigenvalue weighted by molar-refractivity contribution is 5.64. The van der Waals surface area contributed by atoms with Gasteiger partial charge in [-0.2, -0.15) is 0 Å². The highest BCUT2D eigenvalue weighted by atomic mass is 14.3. The summed E-state index contributed by atoms with van der Waals surface area (Å²) in [6.07, 6.45) is 15.4. The molecule has 0 aliphatic heterocycles. The number of benzene rings is 2. The van der Waals surface area contributed by atoms with E-state index in [1.54, 1.807) is 5.56 Å². The molecule has 0 radical (unpaired) electrons. The van der Waals surface area contributed by atoms with E-state index in [-0.39, 0.29) is 0 Å². The third-order valence-corrected chi connectivity index (χ3v) is 6.37. The second-order valence-corrected chi connectivity index (χ2v) is 8.36. The van der Waals surface area contributed by atoms with Gasteiger partial charge in [-0.15, -0.1) is 6.58 Å². The van der Waals surface area contributed by atoms with Crippen LogP contribution in [0.4, 0.5) is 0 Å². The summed E-state index contributed by atoms with van der Waals surface area (Å²) in [6, 6.07) is 18.4. The van der Waals surface area contributed by atoms with Crippen LogP contribution in [0.1, 0.15) is 81.8 Å². The second kappa shape index (κ2) is 10.5. The minimum atomic E-state index is 0.780. The molecule has 1 fully saturated rings. The van der Waals surface area contributed by atoms with Gasteiger partial charge in [-0.25, -0.2) is 0 Å². The van der Waals surface area contributed by atoms with Crippen molar-refractivity contribution in [2.75, 3.05) is 0 Å². The van der Waals surface area contributed by atoms with Gasteiger partial charge in [0.2, 0.25) is 0 Å². The molecule has 0 heterocycles. The highest BCUT2D eigenvalue weighted by Gasteiger charge is 2.21. The van der Waals surface area contributed by atoms with Crippen molar-refractivity contribution in [3.05, 3.63) is 72.3 Å². The maximum atomic E-state index is 3.81. The average Bonchev–Trinajstić information content (AvgIpc) is 2.73. The molecule has 1 aliphatic carbocycles. The van der Waals surface area contributed by atoms with Gasteiger partial charge < -0.3 is 0 Å². The molecule has 0 atom stereocenters. The molecule has 0 saturated heterocycles. The first-order valence-electron chi connectivity index (χ1n) is 11.1. The lowest BCUT2D eigenvalue weighted by Gasteiger charge is -2.29. The first-order chi connectivity index (χ1) is 13.3. The van der Waals surface area contributed by atoms with Gasteiger partial charge in [0.15, 0.2) is 0 Å². The SMILES string of the molecule is C=CCCc1ccc(-c2ccc(C3CCC(CCCCC)CC3)cc2)cc1. The Balaban J connectivity index is 1.54. The molecular weight excluding hydrogens is 324 g/mol. The highest BCUT2D eigenvalue weighted by Crippen LogP contribution is 2.38. The van der Waals surface area contributed by atoms with Gasteiger partial charge >= 0.3 is 0 Å². The predicted octanol–water partition coefficient (Wildman–Crippen LogP) is 8.33. The van der Waals surface area contributed by atoms with Crippen molar-refractivity contribution in [1.29, 1.82) is 0 Å². The Morgan fingerprint density at radius 2 is 1.48 bits per heavy atom. The molecule has 2 aromatic carbocycles. The van der Waals surface area contributed by atoms with Gasteiger partial charge in [-0.05, 0) is 72.6 Å². The molecule has 0 N–H and O–H groups in total. The fourth-order valence-electron chi connectivity index (χ4n) is 4.55. The third-order valence-electron chi connectivity index (χ3n) is 6.37. The van der Waals surface area contributed by atoms with E-state index in [1.807, 2.05) is 6.08 Å². The Bertz CT molecular complexity index is 669. The number of hydrogen-bond acceptors (Lipinski definition) is 0. The molecule has 1 aliphatic rings. The zero-order chi connectivity index (χ0) is 18.9. The van der Waals surface area contributed by atoms with E-state index in [2.05, 4.69) is 62.0 Å². The van der Waals surface area contributed by atoms with Gasteiger partial charge in [-0.3, -0.25) is 0 Å². The van der Waals surface area contributed by atoms with E-state index in [4.69, 9.17) is 0 Å². The van der Waals surface area contributed by atoms with E-state index in [0.29, 0.717) is 0 Å². The number of hydrogen-bond donors (Lipinski definition) is 0. The lowest BCUT2D eigenvalue weighted by Crippen LogP contribution is -2.13. The number of allylic oxidation sites excluding steroid dienone is 1. The third kappa shape index (κ3) is 5.83. The molecule has 0 spiro atoms. The number of unbranched alkanes of at least 4 members (excludes halogenated alkanes) is 2. The van der Waals surface area contributed by atoms with Crippen molar-refractivity contribution < 1.29 is 0 Å². The molecule has 0 bridgehead atoms. The van der Waals surface area contributed by atoms with Crippen LogP contribution in [-0.4, -0.2) is 0 Å². The van der Waals surface area contributed by atoms with E-state index < -0.39 is 0 Å². The summed E-state index contributed by atoms with van der Waals surface area (Å²) in [6.45, 7) is 6.11. The Morgan fingerprint density at radius 3 is 2.07 bits per heavy atom. The van der Waals surface area contributed by atoms with Gasteiger partial charge in [0.25, 0.3) is 0 Å². The Morgan fingerprint density at radius 1 is 0.852 bits per heavy atom. The molecule has 1 saturated carbocycles. The van der Waals surface area contributed by atoms with Gasteiger partial charge in [0, 0.05) is 0 Å². The van der Waals surface area contributed by atoms with Crippen molar-refractivity contribution >= 4 is 0 Å². The van der Waals surface area contributed by atoms with E-state index in [0.717, 1.165) is 24.7 Å².